The van der Waals surface area contributed by atoms with Gasteiger partial charge in [0.25, 0.3) is 0 Å². The Morgan fingerprint density at radius 2 is 2.14 bits per heavy atom. The molecule has 2 heterocycles. The number of rotatable bonds is 7. The zero-order chi connectivity index (χ0) is 15.9. The molecular weight excluding hydrogens is 288 g/mol. The Labute approximate surface area is 129 Å². The van der Waals surface area contributed by atoms with E-state index in [4.69, 9.17) is 4.74 Å². The summed E-state index contributed by atoms with van der Waals surface area (Å²) in [7, 11) is 4.15. The average Bonchev–Trinajstić information content (AvgIpc) is 2.51. The lowest BCUT2D eigenvalue weighted by molar-refractivity contribution is -0.858. The smallest absolute Gasteiger partial charge is 0.353 e. The van der Waals surface area contributed by atoms with E-state index in [0.717, 1.165) is 13.0 Å². The van der Waals surface area contributed by atoms with E-state index < -0.39 is 4.92 Å². The lowest BCUT2D eigenvalue weighted by Crippen LogP contribution is -3.05. The standard InChI is InChI=1S/C13H22N6O3/c1-17(2)5-3-4-14-12-11(19(20)21)13(16-10-15-12)18-6-8-22-9-7-18/h10H,3-9H2,1-2H3,(H,14,15,16)/p+1. The van der Waals surface area contributed by atoms with Gasteiger partial charge in [0, 0.05) is 26.1 Å². The molecule has 1 saturated heterocycles. The van der Waals surface area contributed by atoms with Crippen molar-refractivity contribution < 1.29 is 14.6 Å². The summed E-state index contributed by atoms with van der Waals surface area (Å²) in [5.74, 6) is 0.652. The van der Waals surface area contributed by atoms with Crippen molar-refractivity contribution in [2.24, 2.45) is 0 Å². The molecule has 1 aliphatic heterocycles. The minimum atomic E-state index is -0.412. The Kier molecular flexibility index (Phi) is 5.84. The number of quaternary nitrogens is 1. The van der Waals surface area contributed by atoms with Gasteiger partial charge in [-0.3, -0.25) is 10.1 Å². The van der Waals surface area contributed by atoms with E-state index in [0.29, 0.717) is 38.7 Å². The molecule has 0 unspecified atom stereocenters. The molecule has 0 aromatic carbocycles. The van der Waals surface area contributed by atoms with Gasteiger partial charge in [0.05, 0.1) is 38.8 Å². The molecule has 9 heteroatoms. The van der Waals surface area contributed by atoms with Crippen molar-refractivity contribution in [3.05, 3.63) is 16.4 Å². The lowest BCUT2D eigenvalue weighted by atomic mass is 10.3. The number of aromatic nitrogens is 2. The van der Waals surface area contributed by atoms with Gasteiger partial charge in [0.2, 0.25) is 11.6 Å². The second-order valence-electron chi connectivity index (χ2n) is 5.49. The van der Waals surface area contributed by atoms with Crippen molar-refractivity contribution >= 4 is 17.3 Å². The highest BCUT2D eigenvalue weighted by atomic mass is 16.6. The van der Waals surface area contributed by atoms with Crippen LogP contribution in [0.1, 0.15) is 6.42 Å². The molecule has 2 N–H and O–H groups in total. The predicted molar refractivity (Wildman–Crippen MR) is 82.5 cm³/mol. The van der Waals surface area contributed by atoms with E-state index in [1.807, 2.05) is 4.90 Å². The first kappa shape index (κ1) is 16.4. The van der Waals surface area contributed by atoms with Gasteiger partial charge in [-0.1, -0.05) is 0 Å². The van der Waals surface area contributed by atoms with Crippen molar-refractivity contribution in [3.63, 3.8) is 0 Å². The van der Waals surface area contributed by atoms with Crippen LogP contribution in [0.2, 0.25) is 0 Å². The van der Waals surface area contributed by atoms with Gasteiger partial charge in [0.1, 0.15) is 6.33 Å². The van der Waals surface area contributed by atoms with Crippen LogP contribution < -0.4 is 15.1 Å². The fourth-order valence-corrected chi connectivity index (χ4v) is 2.32. The van der Waals surface area contributed by atoms with Gasteiger partial charge in [0.15, 0.2) is 0 Å². The third-order valence-corrected chi connectivity index (χ3v) is 3.44. The number of nitrogens with one attached hydrogen (secondary N) is 2. The molecule has 1 aromatic heterocycles. The molecule has 22 heavy (non-hydrogen) atoms. The van der Waals surface area contributed by atoms with Gasteiger partial charge < -0.3 is 19.9 Å². The van der Waals surface area contributed by atoms with Gasteiger partial charge in [-0.05, 0) is 0 Å². The largest absolute Gasteiger partial charge is 0.378 e. The molecule has 122 valence electrons. The van der Waals surface area contributed by atoms with Crippen molar-refractivity contribution in [2.45, 2.75) is 6.42 Å². The van der Waals surface area contributed by atoms with Crippen molar-refractivity contribution in [2.75, 3.05) is 63.7 Å². The van der Waals surface area contributed by atoms with Crippen LogP contribution in [-0.4, -0.2) is 68.4 Å². The molecule has 0 spiro atoms. The second-order valence-corrected chi connectivity index (χ2v) is 5.49. The molecule has 0 aliphatic carbocycles. The van der Waals surface area contributed by atoms with Gasteiger partial charge in [-0.25, -0.2) is 9.97 Å². The van der Waals surface area contributed by atoms with E-state index in [1.165, 1.54) is 11.2 Å². The Hall–Kier alpha value is -2.00. The van der Waals surface area contributed by atoms with Gasteiger partial charge in [-0.15, -0.1) is 0 Å². The summed E-state index contributed by atoms with van der Waals surface area (Å²) in [4.78, 5) is 22.4. The number of nitro groups is 1. The highest BCUT2D eigenvalue weighted by Gasteiger charge is 2.27. The van der Waals surface area contributed by atoms with Gasteiger partial charge in [-0.2, -0.15) is 0 Å². The number of ether oxygens (including phenoxy) is 1. The number of nitrogens with zero attached hydrogens (tertiary/aromatic N) is 4. The molecule has 1 fully saturated rings. The monoisotopic (exact) mass is 311 g/mol. The first-order valence-corrected chi connectivity index (χ1v) is 7.44. The third kappa shape index (κ3) is 4.25. The minimum absolute atomic E-state index is 0.0541. The van der Waals surface area contributed by atoms with Crippen LogP contribution in [0.3, 0.4) is 0 Å². The average molecular weight is 311 g/mol. The lowest BCUT2D eigenvalue weighted by Gasteiger charge is -2.27. The summed E-state index contributed by atoms with van der Waals surface area (Å²) in [6.45, 7) is 3.93. The zero-order valence-corrected chi connectivity index (χ0v) is 13.0. The Bertz CT molecular complexity index is 505. The molecule has 0 atom stereocenters. The Morgan fingerprint density at radius 1 is 1.41 bits per heavy atom. The van der Waals surface area contributed by atoms with Crippen molar-refractivity contribution in [1.82, 2.24) is 9.97 Å². The highest BCUT2D eigenvalue weighted by molar-refractivity contribution is 5.70. The first-order chi connectivity index (χ1) is 10.6. The number of morpholine rings is 1. The van der Waals surface area contributed by atoms with Crippen LogP contribution in [0.15, 0.2) is 6.33 Å². The molecule has 2 rings (SSSR count). The van der Waals surface area contributed by atoms with Crippen LogP contribution in [0.25, 0.3) is 0 Å². The van der Waals surface area contributed by atoms with E-state index in [-0.39, 0.29) is 11.5 Å². The molecule has 0 radical (unpaired) electrons. The first-order valence-electron chi connectivity index (χ1n) is 7.44. The molecule has 0 bridgehead atoms. The van der Waals surface area contributed by atoms with Crippen LogP contribution in [-0.2, 0) is 4.74 Å². The summed E-state index contributed by atoms with van der Waals surface area (Å²) in [5.41, 5.74) is -0.0541. The Morgan fingerprint density at radius 3 is 2.77 bits per heavy atom. The molecular formula is C13H23N6O3+. The quantitative estimate of drug-likeness (QED) is 0.385. The molecule has 0 saturated carbocycles. The molecule has 1 aliphatic rings. The van der Waals surface area contributed by atoms with E-state index in [9.17, 15) is 10.1 Å². The minimum Gasteiger partial charge on any atom is -0.378 e. The molecule has 1 aromatic rings. The summed E-state index contributed by atoms with van der Waals surface area (Å²) >= 11 is 0. The van der Waals surface area contributed by atoms with Crippen LogP contribution in [0, 0.1) is 10.1 Å². The second kappa shape index (κ2) is 7.85. The fourth-order valence-electron chi connectivity index (χ4n) is 2.32. The summed E-state index contributed by atoms with van der Waals surface area (Å²) in [6.07, 6.45) is 2.29. The van der Waals surface area contributed by atoms with Gasteiger partial charge >= 0.3 is 5.69 Å². The molecule has 9 nitrogen and oxygen atoms in total. The van der Waals surface area contributed by atoms with Crippen LogP contribution in [0.4, 0.5) is 17.3 Å². The fraction of sp³-hybridized carbons (Fsp3) is 0.692. The van der Waals surface area contributed by atoms with Crippen LogP contribution in [0.5, 0.6) is 0 Å². The molecule has 0 amide bonds. The topological polar surface area (TPSA) is 97.9 Å². The van der Waals surface area contributed by atoms with E-state index in [1.54, 1.807) is 0 Å². The SMILES string of the molecule is C[NH+](C)CCCNc1ncnc(N2CCOCC2)c1[N+](=O)[O-]. The normalized spacial score (nSPS) is 15.1. The van der Waals surface area contributed by atoms with Crippen LogP contribution >= 0.6 is 0 Å². The highest BCUT2D eigenvalue weighted by Crippen LogP contribution is 2.31. The zero-order valence-electron chi connectivity index (χ0n) is 13.0. The van der Waals surface area contributed by atoms with Crippen molar-refractivity contribution in [3.8, 4) is 0 Å². The Balaban J connectivity index is 2.13. The summed E-state index contributed by atoms with van der Waals surface area (Å²) < 4.78 is 5.28. The third-order valence-electron chi connectivity index (χ3n) is 3.44. The summed E-state index contributed by atoms with van der Waals surface area (Å²) in [5, 5.41) is 14.5. The summed E-state index contributed by atoms with van der Waals surface area (Å²) in [6, 6.07) is 0. The predicted octanol–water partition coefficient (Wildman–Crippen LogP) is -0.832. The maximum Gasteiger partial charge on any atom is 0.353 e. The number of hydrogen-bond donors (Lipinski definition) is 2. The maximum atomic E-state index is 11.4. The van der Waals surface area contributed by atoms with E-state index in [2.05, 4.69) is 29.4 Å². The maximum absolute atomic E-state index is 11.4. The number of anilines is 2. The van der Waals surface area contributed by atoms with Crippen molar-refractivity contribution in [1.29, 1.82) is 0 Å². The van der Waals surface area contributed by atoms with E-state index >= 15 is 0 Å². The number of hydrogen-bond acceptors (Lipinski definition) is 7.